The molecule has 0 amide bonds. The van der Waals surface area contributed by atoms with Crippen LogP contribution in [-0.4, -0.2) is 35.5 Å². The van der Waals surface area contributed by atoms with Gasteiger partial charge in [0, 0.05) is 45.8 Å². The maximum Gasteiger partial charge on any atom is 0.433 e. The van der Waals surface area contributed by atoms with Crippen LogP contribution >= 0.6 is 86.1 Å². The molecule has 35 heavy (non-hydrogen) atoms. The number of halogens is 6. The summed E-state index contributed by atoms with van der Waals surface area (Å²) in [6.07, 6.45) is 3.90. The van der Waals surface area contributed by atoms with Gasteiger partial charge in [0.1, 0.15) is 11.5 Å². The second-order valence-electron chi connectivity index (χ2n) is 7.54. The SMILES string of the molecule is C.F[B]I.O=C(O)CCc1cc2c(c(Br)c1Br)OCC2.O=C1CCc2c(Br)c(Br)c3c(c21)CCO3. The number of aryl methyl sites for hydroxylation is 1. The number of Topliss-reactive ketones (excluding diaryl/α,β-unsaturated/α-hetero) is 1. The van der Waals surface area contributed by atoms with Gasteiger partial charge in [-0.25, -0.2) is 0 Å². The molecule has 0 aromatic heterocycles. The molecular formula is C23H22BBr4FIO5. The Bertz CT molecular complexity index is 1130. The highest BCUT2D eigenvalue weighted by Crippen LogP contribution is 2.46. The zero-order valence-corrected chi connectivity index (χ0v) is 26.2. The van der Waals surface area contributed by atoms with Gasteiger partial charge in [-0.2, -0.15) is 0 Å². The van der Waals surface area contributed by atoms with E-state index in [1.807, 2.05) is 6.07 Å². The summed E-state index contributed by atoms with van der Waals surface area (Å²) in [5.74, 6) is 1.22. The van der Waals surface area contributed by atoms with Crippen LogP contribution in [0.15, 0.2) is 24.0 Å². The number of carboxylic acid groups (broad SMARTS) is 1. The lowest BCUT2D eigenvalue weighted by molar-refractivity contribution is -0.136. The Labute approximate surface area is 252 Å². The van der Waals surface area contributed by atoms with Gasteiger partial charge in [0.2, 0.25) is 0 Å². The number of ketones is 1. The Morgan fingerprint density at radius 2 is 1.57 bits per heavy atom. The summed E-state index contributed by atoms with van der Waals surface area (Å²) >= 11 is 15.5. The predicted molar refractivity (Wildman–Crippen MR) is 158 cm³/mol. The summed E-state index contributed by atoms with van der Waals surface area (Å²) in [4.78, 5) is 22.3. The molecule has 1 aliphatic carbocycles. The van der Waals surface area contributed by atoms with Gasteiger partial charge in [-0.15, -0.1) is 22.4 Å². The van der Waals surface area contributed by atoms with E-state index in [9.17, 15) is 13.9 Å². The fraction of sp³-hybridized carbons (Fsp3) is 0.391. The Kier molecular flexibility index (Phi) is 12.5. The zero-order valence-electron chi connectivity index (χ0n) is 17.7. The number of hydrogen-bond acceptors (Lipinski definition) is 4. The number of hydrogen-bond donors (Lipinski definition) is 1. The average Bonchev–Trinajstić information content (AvgIpc) is 3.54. The first kappa shape index (κ1) is 31.0. The number of ether oxygens (including phenoxy) is 2. The number of carbonyl (C=O) groups is 2. The number of fused-ring (bicyclic) bond motifs is 4. The van der Waals surface area contributed by atoms with E-state index in [0.717, 1.165) is 76.5 Å². The maximum atomic E-state index is 11.8. The van der Waals surface area contributed by atoms with Crippen LogP contribution in [0.2, 0.25) is 0 Å². The third kappa shape index (κ3) is 7.03. The molecule has 12 heteroatoms. The molecule has 2 aromatic carbocycles. The molecule has 0 saturated carbocycles. The average molecular weight is 855 g/mol. The highest BCUT2D eigenvalue weighted by Gasteiger charge is 2.32. The van der Waals surface area contributed by atoms with Gasteiger partial charge in [-0.05, 0) is 93.3 Å². The van der Waals surface area contributed by atoms with Crippen molar-refractivity contribution < 1.29 is 28.5 Å². The molecule has 0 bridgehead atoms. The quantitative estimate of drug-likeness (QED) is 0.251. The summed E-state index contributed by atoms with van der Waals surface area (Å²) in [6, 6.07) is 2.03. The fourth-order valence-corrected chi connectivity index (χ4v) is 6.38. The zero-order chi connectivity index (χ0) is 25.0. The molecule has 1 N–H and O–H groups in total. The molecule has 5 rings (SSSR count). The molecule has 2 aromatic rings. The summed E-state index contributed by atoms with van der Waals surface area (Å²) in [7, 11) is 0. The van der Waals surface area contributed by atoms with Crippen molar-refractivity contribution in [2.45, 2.75) is 46.0 Å². The predicted octanol–water partition coefficient (Wildman–Crippen LogP) is 8.00. The van der Waals surface area contributed by atoms with Gasteiger partial charge in [-0.1, -0.05) is 13.5 Å². The lowest BCUT2D eigenvalue weighted by Crippen LogP contribution is -1.99. The molecule has 0 fully saturated rings. The maximum absolute atomic E-state index is 11.8. The standard InChI is InChI=1S/C11H10Br2O3.C11H8Br2O2.CH4.BFI/c12-9-6(1-2-8(14)15)5-7-3-4-16-11(7)10(9)13;12-9-5-1-2-7(14)8(5)6-3-4-15-11(6)10(9)13;;2-1-3/h5H,1-4H2,(H,14,15);1-4H2;1H4;. The highest BCUT2D eigenvalue weighted by atomic mass is 127. The molecule has 0 unspecified atom stereocenters. The molecule has 3 aliphatic rings. The normalized spacial score (nSPS) is 14.1. The fourth-order valence-electron chi connectivity index (χ4n) is 4.10. The van der Waals surface area contributed by atoms with Gasteiger partial charge in [-0.3, -0.25) is 9.59 Å². The van der Waals surface area contributed by atoms with Gasteiger partial charge in [0.15, 0.2) is 5.78 Å². The van der Waals surface area contributed by atoms with Crippen LogP contribution in [0.1, 0.15) is 52.9 Å². The van der Waals surface area contributed by atoms with Crippen LogP contribution in [0.5, 0.6) is 11.5 Å². The number of carboxylic acids is 1. The van der Waals surface area contributed by atoms with E-state index < -0.39 is 5.97 Å². The Hall–Kier alpha value is -0.175. The van der Waals surface area contributed by atoms with E-state index >= 15 is 0 Å². The number of aliphatic carboxylic acids is 1. The molecule has 1 radical (unpaired) electrons. The Balaban J connectivity index is 0.000000217. The molecule has 189 valence electrons. The first-order valence-electron chi connectivity index (χ1n) is 10.3. The van der Waals surface area contributed by atoms with E-state index in [0.29, 0.717) is 31.5 Å². The van der Waals surface area contributed by atoms with E-state index in [-0.39, 0.29) is 19.6 Å². The van der Waals surface area contributed by atoms with Gasteiger partial charge in [0.05, 0.1) is 22.2 Å². The summed E-state index contributed by atoms with van der Waals surface area (Å²) in [5.41, 5.74) is 5.79. The second-order valence-corrected chi connectivity index (χ2v) is 11.2. The van der Waals surface area contributed by atoms with Crippen molar-refractivity contribution in [3.63, 3.8) is 0 Å². The summed E-state index contributed by atoms with van der Waals surface area (Å²) < 4.78 is 24.9. The molecule has 0 spiro atoms. The molecule has 0 saturated heterocycles. The van der Waals surface area contributed by atoms with Gasteiger partial charge < -0.3 is 18.9 Å². The molecule has 5 nitrogen and oxygen atoms in total. The molecular weight excluding hydrogens is 833 g/mol. The van der Waals surface area contributed by atoms with Crippen molar-refractivity contribution >= 4 is 103 Å². The number of rotatable bonds is 3. The number of benzene rings is 2. The van der Waals surface area contributed by atoms with Crippen LogP contribution in [0.4, 0.5) is 4.32 Å². The molecule has 2 aliphatic heterocycles. The van der Waals surface area contributed by atoms with E-state index in [2.05, 4.69) is 63.7 Å². The highest BCUT2D eigenvalue weighted by molar-refractivity contribution is 14.1. The van der Waals surface area contributed by atoms with Crippen molar-refractivity contribution in [2.24, 2.45) is 0 Å². The van der Waals surface area contributed by atoms with Gasteiger partial charge >= 0.3 is 11.4 Å². The minimum absolute atomic E-state index is 0. The lowest BCUT2D eigenvalue weighted by atomic mass is 10.0. The van der Waals surface area contributed by atoms with Crippen molar-refractivity contribution in [3.8, 4) is 11.5 Å². The first-order chi connectivity index (χ1) is 16.2. The van der Waals surface area contributed by atoms with Crippen molar-refractivity contribution in [2.75, 3.05) is 13.2 Å². The lowest BCUT2D eigenvalue weighted by Gasteiger charge is -2.10. The van der Waals surface area contributed by atoms with Gasteiger partial charge in [0.25, 0.3) is 0 Å². The minimum Gasteiger partial charge on any atom is -0.492 e. The van der Waals surface area contributed by atoms with Crippen LogP contribution in [0, 0.1) is 0 Å². The smallest absolute Gasteiger partial charge is 0.433 e. The van der Waals surface area contributed by atoms with Crippen LogP contribution < -0.4 is 9.47 Å². The largest absolute Gasteiger partial charge is 0.492 e. The second kappa shape index (κ2) is 14.1. The monoisotopic (exact) mass is 851 g/mol. The number of carbonyl (C=O) groups excluding carboxylic acids is 1. The van der Waals surface area contributed by atoms with Crippen LogP contribution in [0.25, 0.3) is 0 Å². The Morgan fingerprint density at radius 1 is 0.971 bits per heavy atom. The third-order valence-corrected chi connectivity index (χ3v) is 9.91. The summed E-state index contributed by atoms with van der Waals surface area (Å²) in [6.45, 7) is 1.38. The molecule has 2 heterocycles. The van der Waals surface area contributed by atoms with E-state index in [4.69, 9.17) is 14.6 Å². The molecule has 0 atom stereocenters. The van der Waals surface area contributed by atoms with E-state index in [1.54, 1.807) is 0 Å². The topological polar surface area (TPSA) is 72.8 Å². The minimum atomic E-state index is -0.778. The van der Waals surface area contributed by atoms with Crippen molar-refractivity contribution in [1.29, 1.82) is 0 Å². The summed E-state index contributed by atoms with van der Waals surface area (Å²) in [5, 5.41) is 8.68. The van der Waals surface area contributed by atoms with E-state index in [1.165, 1.54) is 22.4 Å². The Morgan fingerprint density at radius 3 is 2.23 bits per heavy atom. The van der Waals surface area contributed by atoms with Crippen molar-refractivity contribution in [1.82, 2.24) is 0 Å². The van der Waals surface area contributed by atoms with Crippen LogP contribution in [0.3, 0.4) is 0 Å². The third-order valence-electron chi connectivity index (χ3n) is 5.55. The van der Waals surface area contributed by atoms with Crippen molar-refractivity contribution in [3.05, 3.63) is 51.8 Å². The van der Waals surface area contributed by atoms with Crippen LogP contribution in [-0.2, 0) is 30.5 Å². The first-order valence-corrected chi connectivity index (χ1v) is 14.7.